The predicted molar refractivity (Wildman–Crippen MR) is 51.4 cm³/mol. The molecular weight excluding hydrogens is 180 g/mol. The van der Waals surface area contributed by atoms with Crippen LogP contribution >= 0.6 is 0 Å². The SMILES string of the molecule is Cc1cc(-c2oncc2N)nc(C)n1. The summed E-state index contributed by atoms with van der Waals surface area (Å²) in [7, 11) is 0. The molecular formula is C9H10N4O. The van der Waals surface area contributed by atoms with Crippen molar-refractivity contribution in [3.8, 4) is 11.5 Å². The van der Waals surface area contributed by atoms with Gasteiger partial charge in [0.15, 0.2) is 0 Å². The second-order valence-electron chi connectivity index (χ2n) is 3.05. The van der Waals surface area contributed by atoms with Crippen LogP contribution in [0.2, 0.25) is 0 Å². The fraction of sp³-hybridized carbons (Fsp3) is 0.222. The molecule has 0 fully saturated rings. The molecule has 0 amide bonds. The van der Waals surface area contributed by atoms with Crippen molar-refractivity contribution in [3.05, 3.63) is 23.8 Å². The number of anilines is 1. The molecule has 14 heavy (non-hydrogen) atoms. The summed E-state index contributed by atoms with van der Waals surface area (Å²) in [6.45, 7) is 3.72. The molecule has 2 heterocycles. The van der Waals surface area contributed by atoms with Gasteiger partial charge in [0.05, 0.1) is 6.20 Å². The Labute approximate surface area is 81.0 Å². The highest BCUT2D eigenvalue weighted by Crippen LogP contribution is 2.23. The molecule has 2 aromatic rings. The summed E-state index contributed by atoms with van der Waals surface area (Å²) in [6.07, 6.45) is 1.46. The van der Waals surface area contributed by atoms with Crippen LogP contribution in [0.5, 0.6) is 0 Å². The van der Waals surface area contributed by atoms with Gasteiger partial charge in [-0.2, -0.15) is 0 Å². The lowest BCUT2D eigenvalue weighted by atomic mass is 10.2. The van der Waals surface area contributed by atoms with Crippen molar-refractivity contribution in [2.24, 2.45) is 0 Å². The number of hydrogen-bond donors (Lipinski definition) is 1. The van der Waals surface area contributed by atoms with E-state index in [9.17, 15) is 0 Å². The van der Waals surface area contributed by atoms with Crippen LogP contribution in [0.25, 0.3) is 11.5 Å². The van der Waals surface area contributed by atoms with E-state index >= 15 is 0 Å². The van der Waals surface area contributed by atoms with Crippen LogP contribution in [0.1, 0.15) is 11.5 Å². The Balaban J connectivity index is 2.57. The van der Waals surface area contributed by atoms with Crippen molar-refractivity contribution in [3.63, 3.8) is 0 Å². The van der Waals surface area contributed by atoms with Gasteiger partial charge < -0.3 is 10.3 Å². The van der Waals surface area contributed by atoms with Gasteiger partial charge in [0.25, 0.3) is 0 Å². The molecule has 72 valence electrons. The van der Waals surface area contributed by atoms with E-state index in [4.69, 9.17) is 10.3 Å². The first-order chi connectivity index (χ1) is 6.66. The molecule has 5 heteroatoms. The average molecular weight is 190 g/mol. The van der Waals surface area contributed by atoms with Gasteiger partial charge >= 0.3 is 0 Å². The van der Waals surface area contributed by atoms with Gasteiger partial charge in [-0.15, -0.1) is 0 Å². The number of nitrogen functional groups attached to an aromatic ring is 1. The topological polar surface area (TPSA) is 77.8 Å². The molecule has 0 atom stereocenters. The molecule has 0 aromatic carbocycles. The largest absolute Gasteiger partial charge is 0.394 e. The van der Waals surface area contributed by atoms with E-state index in [0.717, 1.165) is 5.69 Å². The van der Waals surface area contributed by atoms with Crippen molar-refractivity contribution in [2.75, 3.05) is 5.73 Å². The monoisotopic (exact) mass is 190 g/mol. The fourth-order valence-electron chi connectivity index (χ4n) is 1.28. The first-order valence-corrected chi connectivity index (χ1v) is 4.19. The summed E-state index contributed by atoms with van der Waals surface area (Å²) in [5.74, 6) is 1.19. The summed E-state index contributed by atoms with van der Waals surface area (Å²) in [5.41, 5.74) is 7.69. The number of aromatic nitrogens is 3. The average Bonchev–Trinajstić information content (AvgIpc) is 2.49. The van der Waals surface area contributed by atoms with E-state index in [-0.39, 0.29) is 0 Å². The van der Waals surface area contributed by atoms with Gasteiger partial charge in [0, 0.05) is 5.69 Å². The van der Waals surface area contributed by atoms with Crippen LogP contribution in [-0.4, -0.2) is 15.1 Å². The standard InChI is InChI=1S/C9H10N4O/c1-5-3-8(13-6(2)12-5)9-7(10)4-11-14-9/h3-4H,10H2,1-2H3. The second-order valence-corrected chi connectivity index (χ2v) is 3.05. The quantitative estimate of drug-likeness (QED) is 0.733. The molecule has 2 rings (SSSR count). The lowest BCUT2D eigenvalue weighted by Gasteiger charge is -1.99. The minimum absolute atomic E-state index is 0.488. The predicted octanol–water partition coefficient (Wildman–Crippen LogP) is 1.33. The summed E-state index contributed by atoms with van der Waals surface area (Å²) in [5, 5.41) is 3.60. The maximum absolute atomic E-state index is 5.66. The highest BCUT2D eigenvalue weighted by Gasteiger charge is 2.10. The van der Waals surface area contributed by atoms with Crippen molar-refractivity contribution in [1.82, 2.24) is 15.1 Å². The van der Waals surface area contributed by atoms with Crippen molar-refractivity contribution in [2.45, 2.75) is 13.8 Å². The van der Waals surface area contributed by atoms with Gasteiger partial charge in [-0.25, -0.2) is 9.97 Å². The Bertz CT molecular complexity index is 443. The van der Waals surface area contributed by atoms with E-state index in [2.05, 4.69) is 15.1 Å². The van der Waals surface area contributed by atoms with Crippen LogP contribution < -0.4 is 5.73 Å². The molecule has 0 unspecified atom stereocenters. The van der Waals surface area contributed by atoms with Crippen LogP contribution in [-0.2, 0) is 0 Å². The summed E-state index contributed by atoms with van der Waals surface area (Å²) < 4.78 is 5.00. The van der Waals surface area contributed by atoms with Gasteiger partial charge in [-0.3, -0.25) is 0 Å². The van der Waals surface area contributed by atoms with Crippen LogP contribution in [0.15, 0.2) is 16.8 Å². The minimum atomic E-state index is 0.488. The minimum Gasteiger partial charge on any atom is -0.394 e. The summed E-state index contributed by atoms with van der Waals surface area (Å²) in [6, 6.07) is 1.81. The number of hydrogen-bond acceptors (Lipinski definition) is 5. The lowest BCUT2D eigenvalue weighted by molar-refractivity contribution is 0.431. The maximum atomic E-state index is 5.66. The first-order valence-electron chi connectivity index (χ1n) is 4.19. The van der Waals surface area contributed by atoms with E-state index in [1.54, 1.807) is 0 Å². The van der Waals surface area contributed by atoms with Gasteiger partial charge in [0.2, 0.25) is 5.76 Å². The normalized spacial score (nSPS) is 10.4. The Morgan fingerprint density at radius 3 is 2.64 bits per heavy atom. The van der Waals surface area contributed by atoms with Crippen LogP contribution in [0.3, 0.4) is 0 Å². The molecule has 0 aliphatic rings. The molecule has 2 aromatic heterocycles. The van der Waals surface area contributed by atoms with Gasteiger partial charge in [-0.1, -0.05) is 5.16 Å². The number of nitrogens with zero attached hydrogens (tertiary/aromatic N) is 3. The zero-order valence-corrected chi connectivity index (χ0v) is 7.98. The van der Waals surface area contributed by atoms with E-state index in [1.165, 1.54) is 6.20 Å². The molecule has 0 aliphatic carbocycles. The molecule has 0 saturated heterocycles. The summed E-state index contributed by atoms with van der Waals surface area (Å²) in [4.78, 5) is 8.37. The van der Waals surface area contributed by atoms with Gasteiger partial charge in [-0.05, 0) is 19.9 Å². The maximum Gasteiger partial charge on any atom is 0.208 e. The van der Waals surface area contributed by atoms with Crippen molar-refractivity contribution >= 4 is 5.69 Å². The molecule has 5 nitrogen and oxygen atoms in total. The van der Waals surface area contributed by atoms with Crippen molar-refractivity contribution in [1.29, 1.82) is 0 Å². The molecule has 0 spiro atoms. The number of aryl methyl sites for hydroxylation is 2. The summed E-state index contributed by atoms with van der Waals surface area (Å²) >= 11 is 0. The van der Waals surface area contributed by atoms with Gasteiger partial charge in [0.1, 0.15) is 17.2 Å². The Hall–Kier alpha value is -1.91. The fourth-order valence-corrected chi connectivity index (χ4v) is 1.28. The van der Waals surface area contributed by atoms with E-state index in [0.29, 0.717) is 23.0 Å². The highest BCUT2D eigenvalue weighted by molar-refractivity contribution is 5.66. The Morgan fingerprint density at radius 1 is 1.29 bits per heavy atom. The Kier molecular flexibility index (Phi) is 1.92. The zero-order chi connectivity index (χ0) is 10.1. The first kappa shape index (κ1) is 8.68. The highest BCUT2D eigenvalue weighted by atomic mass is 16.5. The lowest BCUT2D eigenvalue weighted by Crippen LogP contribution is -1.94. The zero-order valence-electron chi connectivity index (χ0n) is 7.98. The molecule has 0 aliphatic heterocycles. The second kappa shape index (κ2) is 3.10. The van der Waals surface area contributed by atoms with E-state index < -0.39 is 0 Å². The molecule has 0 bridgehead atoms. The van der Waals surface area contributed by atoms with E-state index in [1.807, 2.05) is 19.9 Å². The third-order valence-corrected chi connectivity index (χ3v) is 1.80. The van der Waals surface area contributed by atoms with Crippen LogP contribution in [0.4, 0.5) is 5.69 Å². The molecule has 0 saturated carbocycles. The Morgan fingerprint density at radius 2 is 2.07 bits per heavy atom. The molecule has 0 radical (unpaired) electrons. The van der Waals surface area contributed by atoms with Crippen molar-refractivity contribution < 1.29 is 4.52 Å². The number of rotatable bonds is 1. The smallest absolute Gasteiger partial charge is 0.208 e. The number of nitrogens with two attached hydrogens (primary N) is 1. The third kappa shape index (κ3) is 1.44. The molecule has 2 N–H and O–H groups in total. The third-order valence-electron chi connectivity index (χ3n) is 1.80. The van der Waals surface area contributed by atoms with Crippen LogP contribution in [0, 0.1) is 13.8 Å².